The summed E-state index contributed by atoms with van der Waals surface area (Å²) >= 11 is 6.17. The highest BCUT2D eigenvalue weighted by Crippen LogP contribution is 2.23. The topological polar surface area (TPSA) is 104 Å². The van der Waals surface area contributed by atoms with Gasteiger partial charge in [-0.1, -0.05) is 29.8 Å². The zero-order valence-corrected chi connectivity index (χ0v) is 21.1. The van der Waals surface area contributed by atoms with E-state index in [9.17, 15) is 4.79 Å². The molecule has 9 heteroatoms. The van der Waals surface area contributed by atoms with Crippen LogP contribution < -0.4 is 15.4 Å². The minimum absolute atomic E-state index is 0.257. The number of halogens is 1. The predicted molar refractivity (Wildman–Crippen MR) is 145 cm³/mol. The molecule has 0 aliphatic rings. The van der Waals surface area contributed by atoms with Crippen LogP contribution in [0, 0.1) is 13.8 Å². The van der Waals surface area contributed by atoms with Crippen LogP contribution in [0.1, 0.15) is 22.5 Å². The highest BCUT2D eigenvalue weighted by Gasteiger charge is 2.09. The Morgan fingerprint density at radius 3 is 2.69 bits per heavy atom. The van der Waals surface area contributed by atoms with Crippen molar-refractivity contribution in [3.05, 3.63) is 88.3 Å². The van der Waals surface area contributed by atoms with Crippen LogP contribution in [0.15, 0.2) is 65.8 Å². The largest absolute Gasteiger partial charge is 0.496 e. The van der Waals surface area contributed by atoms with E-state index in [4.69, 9.17) is 16.3 Å². The summed E-state index contributed by atoms with van der Waals surface area (Å²) in [4.78, 5) is 29.4. The smallest absolute Gasteiger partial charge is 0.250 e. The van der Waals surface area contributed by atoms with Gasteiger partial charge in [0, 0.05) is 51.7 Å². The number of ether oxygens (including phenoxy) is 1. The van der Waals surface area contributed by atoms with Gasteiger partial charge in [-0.05, 0) is 62.2 Å². The zero-order chi connectivity index (χ0) is 25.5. The van der Waals surface area contributed by atoms with Gasteiger partial charge in [-0.3, -0.25) is 20.4 Å². The molecule has 2 heterocycles. The number of guanidine groups is 1. The molecule has 0 bridgehead atoms. The first-order chi connectivity index (χ1) is 17.4. The first-order valence-electron chi connectivity index (χ1n) is 11.4. The van der Waals surface area contributed by atoms with E-state index in [1.54, 1.807) is 13.2 Å². The van der Waals surface area contributed by atoms with Crippen molar-refractivity contribution in [1.82, 2.24) is 20.3 Å². The molecule has 2 aromatic carbocycles. The van der Waals surface area contributed by atoms with Crippen molar-refractivity contribution in [2.75, 3.05) is 19.0 Å². The fourth-order valence-electron chi connectivity index (χ4n) is 3.77. The number of amides is 1. The fourth-order valence-corrected chi connectivity index (χ4v) is 3.94. The molecule has 3 N–H and O–H groups in total. The summed E-state index contributed by atoms with van der Waals surface area (Å²) in [5.41, 5.74) is 4.50. The van der Waals surface area contributed by atoms with Crippen molar-refractivity contribution >= 4 is 46.4 Å². The number of carbonyl (C=O) groups is 1. The van der Waals surface area contributed by atoms with Gasteiger partial charge in [0.25, 0.3) is 5.91 Å². The van der Waals surface area contributed by atoms with E-state index in [0.717, 1.165) is 33.4 Å². The average molecular weight is 503 g/mol. The number of para-hydroxylation sites is 1. The summed E-state index contributed by atoms with van der Waals surface area (Å²) < 4.78 is 5.34. The number of aromatic nitrogens is 3. The molecule has 0 aliphatic carbocycles. The Morgan fingerprint density at radius 2 is 1.92 bits per heavy atom. The van der Waals surface area contributed by atoms with E-state index in [-0.39, 0.29) is 11.9 Å². The Balaban J connectivity index is 1.52. The molecule has 0 saturated heterocycles. The molecule has 184 valence electrons. The second-order valence-electron chi connectivity index (χ2n) is 8.15. The molecule has 0 unspecified atom stereocenters. The monoisotopic (exact) mass is 502 g/mol. The number of nitrogens with one attached hydrogen (secondary N) is 3. The summed E-state index contributed by atoms with van der Waals surface area (Å²) in [6.07, 6.45) is 5.71. The van der Waals surface area contributed by atoms with Gasteiger partial charge in [-0.25, -0.2) is 9.97 Å². The SMILES string of the molecule is COc1ccccc1C=CC(=O)NC(=NCCc1c[nH]c2ccc(Cl)cc12)Nc1nc(C)cc(C)n1. The summed E-state index contributed by atoms with van der Waals surface area (Å²) in [7, 11) is 1.59. The van der Waals surface area contributed by atoms with Gasteiger partial charge in [0.05, 0.1) is 7.11 Å². The number of fused-ring (bicyclic) bond motifs is 1. The molecular weight excluding hydrogens is 476 g/mol. The van der Waals surface area contributed by atoms with Crippen LogP contribution in [-0.4, -0.2) is 40.5 Å². The van der Waals surface area contributed by atoms with E-state index in [1.165, 1.54) is 6.08 Å². The number of hydrogen-bond donors (Lipinski definition) is 3. The van der Waals surface area contributed by atoms with Crippen LogP contribution >= 0.6 is 11.6 Å². The summed E-state index contributed by atoms with van der Waals surface area (Å²) in [5, 5.41) is 7.57. The Kier molecular flexibility index (Phi) is 7.97. The average Bonchev–Trinajstić information content (AvgIpc) is 3.24. The molecular formula is C27H27ClN6O2. The maximum Gasteiger partial charge on any atom is 0.250 e. The van der Waals surface area contributed by atoms with E-state index >= 15 is 0 Å². The van der Waals surface area contributed by atoms with Gasteiger partial charge >= 0.3 is 0 Å². The number of hydrogen-bond acceptors (Lipinski definition) is 5. The third-order valence-corrected chi connectivity index (χ3v) is 5.62. The maximum absolute atomic E-state index is 12.7. The van der Waals surface area contributed by atoms with Gasteiger partial charge in [-0.15, -0.1) is 0 Å². The van der Waals surface area contributed by atoms with E-state index in [1.807, 2.05) is 68.6 Å². The van der Waals surface area contributed by atoms with E-state index in [2.05, 4.69) is 30.6 Å². The second kappa shape index (κ2) is 11.5. The third kappa shape index (κ3) is 6.49. The first-order valence-corrected chi connectivity index (χ1v) is 11.8. The highest BCUT2D eigenvalue weighted by atomic mass is 35.5. The van der Waals surface area contributed by atoms with Crippen LogP contribution in [0.2, 0.25) is 5.02 Å². The van der Waals surface area contributed by atoms with Crippen molar-refractivity contribution in [2.24, 2.45) is 4.99 Å². The Morgan fingerprint density at radius 1 is 1.14 bits per heavy atom. The number of anilines is 1. The number of methoxy groups -OCH3 is 1. The molecule has 8 nitrogen and oxygen atoms in total. The minimum atomic E-state index is -0.351. The molecule has 0 saturated carbocycles. The Labute approximate surface area is 214 Å². The first kappa shape index (κ1) is 24.9. The fraction of sp³-hybridized carbons (Fsp3) is 0.185. The Bertz CT molecular complexity index is 1420. The third-order valence-electron chi connectivity index (χ3n) is 5.39. The normalized spacial score (nSPS) is 11.7. The summed E-state index contributed by atoms with van der Waals surface area (Å²) in [6.45, 7) is 4.18. The molecule has 0 aliphatic heterocycles. The number of aryl methyl sites for hydroxylation is 2. The standard InChI is InChI=1S/C27H27ClN6O2/c1-17-14-18(2)32-27(31-17)34-26(33-25(35)11-8-19-6-4-5-7-24(19)36-3)29-13-12-20-16-30-23-10-9-21(28)15-22(20)23/h4-11,14-16,30H,12-13H2,1-3H3,(H2,29,31,32,33,34,35). The maximum atomic E-state index is 12.7. The van der Waals surface area contributed by atoms with Crippen molar-refractivity contribution in [2.45, 2.75) is 20.3 Å². The molecule has 0 radical (unpaired) electrons. The molecule has 0 spiro atoms. The van der Waals surface area contributed by atoms with Crippen LogP contribution in [-0.2, 0) is 11.2 Å². The lowest BCUT2D eigenvalue weighted by molar-refractivity contribution is -0.115. The van der Waals surface area contributed by atoms with Gasteiger partial charge < -0.3 is 9.72 Å². The zero-order valence-electron chi connectivity index (χ0n) is 20.3. The van der Waals surface area contributed by atoms with Crippen LogP contribution in [0.4, 0.5) is 5.95 Å². The molecule has 0 atom stereocenters. The molecule has 2 aromatic heterocycles. The van der Waals surface area contributed by atoms with Crippen LogP contribution in [0.5, 0.6) is 5.75 Å². The number of H-pyrrole nitrogens is 1. The lowest BCUT2D eigenvalue weighted by Crippen LogP contribution is -2.35. The summed E-state index contributed by atoms with van der Waals surface area (Å²) in [5.74, 6) is 0.943. The van der Waals surface area contributed by atoms with Gasteiger partial charge in [0.15, 0.2) is 0 Å². The number of nitrogens with zero attached hydrogens (tertiary/aromatic N) is 3. The molecule has 4 rings (SSSR count). The lowest BCUT2D eigenvalue weighted by atomic mass is 10.1. The van der Waals surface area contributed by atoms with Crippen LogP contribution in [0.3, 0.4) is 0 Å². The number of aliphatic imine (C=N–C) groups is 1. The minimum Gasteiger partial charge on any atom is -0.496 e. The summed E-state index contributed by atoms with van der Waals surface area (Å²) in [6, 6.07) is 15.1. The molecule has 0 fully saturated rings. The molecule has 36 heavy (non-hydrogen) atoms. The number of rotatable bonds is 7. The van der Waals surface area contributed by atoms with E-state index < -0.39 is 0 Å². The predicted octanol–water partition coefficient (Wildman–Crippen LogP) is 5.08. The van der Waals surface area contributed by atoms with Crippen molar-refractivity contribution in [1.29, 1.82) is 0 Å². The molecule has 1 amide bonds. The quantitative estimate of drug-likeness (QED) is 0.186. The lowest BCUT2D eigenvalue weighted by Gasteiger charge is -2.10. The van der Waals surface area contributed by atoms with E-state index in [0.29, 0.717) is 29.7 Å². The number of benzene rings is 2. The number of aromatic amines is 1. The van der Waals surface area contributed by atoms with Crippen LogP contribution in [0.25, 0.3) is 17.0 Å². The van der Waals surface area contributed by atoms with Crippen molar-refractivity contribution in [3.63, 3.8) is 0 Å². The molecule has 4 aromatic rings. The van der Waals surface area contributed by atoms with Gasteiger partial charge in [0.2, 0.25) is 11.9 Å². The number of carbonyl (C=O) groups excluding carboxylic acids is 1. The van der Waals surface area contributed by atoms with Crippen molar-refractivity contribution in [3.8, 4) is 5.75 Å². The second-order valence-corrected chi connectivity index (χ2v) is 8.58. The Hall–Kier alpha value is -4.17. The van der Waals surface area contributed by atoms with Gasteiger partial charge in [0.1, 0.15) is 5.75 Å². The van der Waals surface area contributed by atoms with Crippen molar-refractivity contribution < 1.29 is 9.53 Å². The highest BCUT2D eigenvalue weighted by molar-refractivity contribution is 6.31. The van der Waals surface area contributed by atoms with Gasteiger partial charge in [-0.2, -0.15) is 0 Å².